The van der Waals surface area contributed by atoms with Gasteiger partial charge < -0.3 is 15.7 Å². The molecule has 204 valence electrons. The molecule has 0 radical (unpaired) electrons. The Hall–Kier alpha value is -4.32. The number of aromatic hydroxyl groups is 1. The van der Waals surface area contributed by atoms with Gasteiger partial charge in [-0.2, -0.15) is 0 Å². The first-order valence-electron chi connectivity index (χ1n) is 12.9. The zero-order valence-corrected chi connectivity index (χ0v) is 22.4. The van der Waals surface area contributed by atoms with Gasteiger partial charge in [0, 0.05) is 22.3 Å². The van der Waals surface area contributed by atoms with E-state index in [-0.39, 0.29) is 17.3 Å². The molecule has 2 atom stereocenters. The van der Waals surface area contributed by atoms with Crippen LogP contribution in [0.1, 0.15) is 45.7 Å². The summed E-state index contributed by atoms with van der Waals surface area (Å²) >= 11 is 1.21. The standard InChI is InChI=1S/C29H27FN6O3S/c1-36-11-3-4-23(36)17-8-10-27(31-15-17)32-22-14-20(34-35-28(22)38)16-7-9-19(30)21(12-16)33-29(39)26-13-18-24(37)5-2-6-25(18)40-26/h2,5-10,12-15,20,23,34,37H,3-4,11H2,1H3,(H,31,32)(H,33,39)(H,35,38). The predicted octanol–water partition coefficient (Wildman–Crippen LogP) is 4.83. The van der Waals surface area contributed by atoms with Gasteiger partial charge >= 0.3 is 0 Å². The molecule has 2 unspecified atom stereocenters. The van der Waals surface area contributed by atoms with E-state index in [1.165, 1.54) is 23.5 Å². The summed E-state index contributed by atoms with van der Waals surface area (Å²) in [5, 5.41) is 16.3. The van der Waals surface area contributed by atoms with Gasteiger partial charge in [0.2, 0.25) is 0 Å². The van der Waals surface area contributed by atoms with Gasteiger partial charge in [0.1, 0.15) is 23.1 Å². The highest BCUT2D eigenvalue weighted by molar-refractivity contribution is 7.21. The number of nitrogens with zero attached hydrogens (tertiary/aromatic N) is 2. The maximum atomic E-state index is 14.7. The van der Waals surface area contributed by atoms with Crippen LogP contribution in [0.2, 0.25) is 0 Å². The quantitative estimate of drug-likeness (QED) is 0.230. The van der Waals surface area contributed by atoms with E-state index in [0.717, 1.165) is 29.6 Å². The molecule has 2 aromatic heterocycles. The van der Waals surface area contributed by atoms with Crippen LogP contribution in [0.3, 0.4) is 0 Å². The number of benzene rings is 2. The second-order valence-corrected chi connectivity index (χ2v) is 11.0. The topological polar surface area (TPSA) is 119 Å². The molecule has 40 heavy (non-hydrogen) atoms. The third-order valence-corrected chi connectivity index (χ3v) is 8.33. The number of hydrogen-bond donors (Lipinski definition) is 5. The molecule has 2 aliphatic rings. The van der Waals surface area contributed by atoms with Gasteiger partial charge in [0.05, 0.1) is 16.6 Å². The molecule has 0 aliphatic carbocycles. The zero-order valence-electron chi connectivity index (χ0n) is 21.6. The number of amides is 2. The average molecular weight is 559 g/mol. The molecule has 5 N–H and O–H groups in total. The number of halogens is 1. The lowest BCUT2D eigenvalue weighted by molar-refractivity contribution is -0.119. The Kier molecular flexibility index (Phi) is 6.93. The highest BCUT2D eigenvalue weighted by Crippen LogP contribution is 2.33. The van der Waals surface area contributed by atoms with Crippen LogP contribution in [-0.2, 0) is 4.79 Å². The van der Waals surface area contributed by atoms with Crippen LogP contribution in [0.5, 0.6) is 5.75 Å². The van der Waals surface area contributed by atoms with Gasteiger partial charge in [-0.15, -0.1) is 11.3 Å². The lowest BCUT2D eigenvalue weighted by Crippen LogP contribution is -2.45. The van der Waals surface area contributed by atoms with E-state index in [0.29, 0.717) is 33.4 Å². The van der Waals surface area contributed by atoms with Gasteiger partial charge in [0.15, 0.2) is 0 Å². The molecule has 1 fully saturated rings. The van der Waals surface area contributed by atoms with E-state index < -0.39 is 17.8 Å². The van der Waals surface area contributed by atoms with Crippen molar-refractivity contribution >= 4 is 44.7 Å². The number of hydrazine groups is 1. The predicted molar refractivity (Wildman–Crippen MR) is 152 cm³/mol. The van der Waals surface area contributed by atoms with Crippen LogP contribution in [-0.4, -0.2) is 40.4 Å². The highest BCUT2D eigenvalue weighted by Gasteiger charge is 2.25. The number of anilines is 2. The fourth-order valence-electron chi connectivity index (χ4n) is 5.09. The Morgan fingerprint density at radius 1 is 1.18 bits per heavy atom. The number of hydrogen-bond acceptors (Lipinski definition) is 8. The number of fused-ring (bicyclic) bond motifs is 1. The Morgan fingerprint density at radius 3 is 2.77 bits per heavy atom. The fraction of sp³-hybridized carbons (Fsp3) is 0.207. The molecule has 4 heterocycles. The third-order valence-electron chi connectivity index (χ3n) is 7.23. The smallest absolute Gasteiger partial charge is 0.281 e. The second kappa shape index (κ2) is 10.7. The summed E-state index contributed by atoms with van der Waals surface area (Å²) in [6.07, 6.45) is 5.78. The molecule has 9 nitrogen and oxygen atoms in total. The normalized spacial score (nSPS) is 19.4. The molecule has 4 aromatic rings. The number of carbonyl (C=O) groups is 2. The molecule has 2 aliphatic heterocycles. The van der Waals surface area contributed by atoms with Crippen molar-refractivity contribution in [2.75, 3.05) is 24.2 Å². The van der Waals surface area contributed by atoms with E-state index in [2.05, 4.69) is 38.4 Å². The molecule has 0 spiro atoms. The SMILES string of the molecule is CN1CCCC1c1ccc(NC2=CC(c3ccc(F)c(NC(=O)c4cc5c(O)cccc5s4)c3)NNC2=O)nc1. The summed E-state index contributed by atoms with van der Waals surface area (Å²) in [5.41, 5.74) is 7.59. The Balaban J connectivity index is 1.19. The summed E-state index contributed by atoms with van der Waals surface area (Å²) in [7, 11) is 2.11. The number of thiophene rings is 1. The number of phenolic OH excluding ortho intramolecular Hbond substituents is 1. The maximum Gasteiger partial charge on any atom is 0.281 e. The molecule has 2 amide bonds. The summed E-state index contributed by atoms with van der Waals surface area (Å²) in [5.74, 6) is -0.831. The van der Waals surface area contributed by atoms with Crippen molar-refractivity contribution in [1.29, 1.82) is 0 Å². The fourth-order valence-corrected chi connectivity index (χ4v) is 6.07. The Bertz CT molecular complexity index is 1640. The van der Waals surface area contributed by atoms with E-state index in [4.69, 9.17) is 0 Å². The number of likely N-dealkylation sites (tertiary alicyclic amines) is 1. The lowest BCUT2D eigenvalue weighted by Gasteiger charge is -2.24. The molecule has 2 aromatic carbocycles. The number of phenols is 1. The maximum absolute atomic E-state index is 14.7. The minimum Gasteiger partial charge on any atom is -0.507 e. The summed E-state index contributed by atoms with van der Waals surface area (Å²) < 4.78 is 15.4. The van der Waals surface area contributed by atoms with Crippen molar-refractivity contribution in [3.63, 3.8) is 0 Å². The van der Waals surface area contributed by atoms with Gasteiger partial charge in [-0.1, -0.05) is 18.2 Å². The van der Waals surface area contributed by atoms with Crippen molar-refractivity contribution in [1.82, 2.24) is 20.7 Å². The summed E-state index contributed by atoms with van der Waals surface area (Å²) in [6, 6.07) is 14.7. The Morgan fingerprint density at radius 2 is 2.02 bits per heavy atom. The number of aromatic nitrogens is 1. The van der Waals surface area contributed by atoms with Crippen LogP contribution < -0.4 is 21.5 Å². The first-order chi connectivity index (χ1) is 19.4. The molecular weight excluding hydrogens is 531 g/mol. The van der Waals surface area contributed by atoms with E-state index in [1.807, 2.05) is 18.3 Å². The van der Waals surface area contributed by atoms with E-state index in [1.54, 1.807) is 36.4 Å². The van der Waals surface area contributed by atoms with Crippen molar-refractivity contribution < 1.29 is 19.1 Å². The van der Waals surface area contributed by atoms with Crippen molar-refractivity contribution in [2.24, 2.45) is 0 Å². The molecule has 0 bridgehead atoms. The van der Waals surface area contributed by atoms with Crippen LogP contribution in [0.4, 0.5) is 15.9 Å². The number of rotatable bonds is 6. The third kappa shape index (κ3) is 5.14. The number of nitrogens with one attached hydrogen (secondary N) is 4. The van der Waals surface area contributed by atoms with E-state index in [9.17, 15) is 19.1 Å². The monoisotopic (exact) mass is 558 g/mol. The Labute approximate surface area is 233 Å². The average Bonchev–Trinajstić information content (AvgIpc) is 3.59. The first kappa shape index (κ1) is 25.9. The first-order valence-corrected chi connectivity index (χ1v) is 13.7. The van der Waals surface area contributed by atoms with Gasteiger partial charge in [0.25, 0.3) is 11.8 Å². The molecule has 1 saturated heterocycles. The van der Waals surface area contributed by atoms with Crippen molar-refractivity contribution in [3.8, 4) is 5.75 Å². The van der Waals surface area contributed by atoms with Crippen LogP contribution >= 0.6 is 11.3 Å². The van der Waals surface area contributed by atoms with Crippen molar-refractivity contribution in [3.05, 3.63) is 94.4 Å². The lowest BCUT2D eigenvalue weighted by atomic mass is 10.0. The van der Waals surface area contributed by atoms with Gasteiger partial charge in [-0.05, 0) is 80.0 Å². The van der Waals surface area contributed by atoms with Crippen molar-refractivity contribution in [2.45, 2.75) is 24.9 Å². The van der Waals surface area contributed by atoms with E-state index >= 15 is 0 Å². The number of pyridine rings is 1. The minimum absolute atomic E-state index is 0.0000709. The molecule has 0 saturated carbocycles. The molecule has 11 heteroatoms. The summed E-state index contributed by atoms with van der Waals surface area (Å²) in [6.45, 7) is 1.07. The van der Waals surface area contributed by atoms with Gasteiger partial charge in [-0.25, -0.2) is 14.8 Å². The second-order valence-electron chi connectivity index (χ2n) is 9.89. The van der Waals surface area contributed by atoms with Crippen LogP contribution in [0.15, 0.2) is 72.6 Å². The summed E-state index contributed by atoms with van der Waals surface area (Å²) in [4.78, 5) is 32.6. The van der Waals surface area contributed by atoms with Crippen LogP contribution in [0, 0.1) is 5.82 Å². The number of carbonyl (C=O) groups excluding carboxylic acids is 2. The minimum atomic E-state index is -0.597. The zero-order chi connectivity index (χ0) is 27.8. The molecular formula is C29H27FN6O3S. The highest BCUT2D eigenvalue weighted by atomic mass is 32.1. The largest absolute Gasteiger partial charge is 0.507 e. The molecule has 6 rings (SSSR count). The van der Waals surface area contributed by atoms with Gasteiger partial charge in [-0.3, -0.25) is 19.9 Å². The van der Waals surface area contributed by atoms with Crippen LogP contribution in [0.25, 0.3) is 10.1 Å².